The molecule has 3 aromatic carbocycles. The van der Waals surface area contributed by atoms with Gasteiger partial charge in [0.25, 0.3) is 11.8 Å². The highest BCUT2D eigenvalue weighted by Crippen LogP contribution is 2.33. The molecule has 0 saturated carbocycles. The number of hydrogen-bond donors (Lipinski definition) is 1. The summed E-state index contributed by atoms with van der Waals surface area (Å²) in [4.78, 5) is 38.7. The Hall–Kier alpha value is -3.03. The van der Waals surface area contributed by atoms with E-state index in [0.717, 1.165) is 4.90 Å². The van der Waals surface area contributed by atoms with Crippen molar-refractivity contribution in [3.8, 4) is 5.75 Å². The summed E-state index contributed by atoms with van der Waals surface area (Å²) in [6, 6.07) is 16.9. The monoisotopic (exact) mass is 520 g/mol. The standard InChI is InChI=1S/C23H12Cl4N2O4/c24-13-2-1-3-18(11-13)33-23(32)12-4-6-16(7-5-12)28-20-19(27)21(30)29(22(20)31)17-9-14(25)8-15(26)10-17/h1-11,28H. The van der Waals surface area contributed by atoms with Gasteiger partial charge in [-0.25, -0.2) is 9.69 Å². The fraction of sp³-hybridized carbons (Fsp3) is 0. The van der Waals surface area contributed by atoms with Gasteiger partial charge >= 0.3 is 5.97 Å². The van der Waals surface area contributed by atoms with Crippen molar-refractivity contribution in [1.29, 1.82) is 0 Å². The molecule has 2 amide bonds. The van der Waals surface area contributed by atoms with Crippen molar-refractivity contribution in [2.75, 3.05) is 10.2 Å². The number of imide groups is 1. The van der Waals surface area contributed by atoms with E-state index in [1.165, 1.54) is 36.4 Å². The first-order valence-electron chi connectivity index (χ1n) is 9.32. The normalized spacial score (nSPS) is 13.5. The predicted molar refractivity (Wildman–Crippen MR) is 128 cm³/mol. The summed E-state index contributed by atoms with van der Waals surface area (Å²) in [5, 5.41) is 3.49. The number of carbonyl (C=O) groups excluding carboxylic acids is 3. The summed E-state index contributed by atoms with van der Waals surface area (Å²) < 4.78 is 5.28. The van der Waals surface area contributed by atoms with Crippen molar-refractivity contribution in [1.82, 2.24) is 0 Å². The second-order valence-corrected chi connectivity index (χ2v) is 8.50. The van der Waals surface area contributed by atoms with Crippen LogP contribution < -0.4 is 15.0 Å². The Kier molecular flexibility index (Phi) is 6.63. The fourth-order valence-electron chi connectivity index (χ4n) is 3.04. The summed E-state index contributed by atoms with van der Waals surface area (Å²) in [5.41, 5.74) is 0.766. The van der Waals surface area contributed by atoms with Gasteiger partial charge in [0.15, 0.2) is 0 Å². The third-order valence-corrected chi connectivity index (χ3v) is 5.55. The van der Waals surface area contributed by atoms with E-state index in [0.29, 0.717) is 16.5 Å². The molecule has 0 spiro atoms. The molecule has 0 radical (unpaired) electrons. The van der Waals surface area contributed by atoms with Crippen LogP contribution in [0.5, 0.6) is 5.75 Å². The molecule has 0 aliphatic carbocycles. The van der Waals surface area contributed by atoms with Gasteiger partial charge in [-0.05, 0) is 60.7 Å². The lowest BCUT2D eigenvalue weighted by molar-refractivity contribution is -0.120. The van der Waals surface area contributed by atoms with Gasteiger partial charge in [-0.1, -0.05) is 52.5 Å². The van der Waals surface area contributed by atoms with Gasteiger partial charge in [-0.3, -0.25) is 9.59 Å². The van der Waals surface area contributed by atoms with Crippen LogP contribution in [-0.2, 0) is 9.59 Å². The molecule has 6 nitrogen and oxygen atoms in total. The third kappa shape index (κ3) is 4.99. The first-order valence-corrected chi connectivity index (χ1v) is 10.8. The molecule has 0 aromatic heterocycles. The number of nitrogens with zero attached hydrogens (tertiary/aromatic N) is 1. The Balaban J connectivity index is 1.50. The van der Waals surface area contributed by atoms with Crippen LogP contribution in [0, 0.1) is 0 Å². The summed E-state index contributed by atoms with van der Waals surface area (Å²) in [6.07, 6.45) is 0. The number of ether oxygens (including phenoxy) is 1. The van der Waals surface area contributed by atoms with E-state index >= 15 is 0 Å². The van der Waals surface area contributed by atoms with Gasteiger partial charge in [0, 0.05) is 20.8 Å². The summed E-state index contributed by atoms with van der Waals surface area (Å²) in [7, 11) is 0. The lowest BCUT2D eigenvalue weighted by Crippen LogP contribution is -2.32. The summed E-state index contributed by atoms with van der Waals surface area (Å²) in [5.74, 6) is -1.67. The van der Waals surface area contributed by atoms with E-state index in [1.54, 1.807) is 30.3 Å². The molecule has 1 aliphatic heterocycles. The number of esters is 1. The highest BCUT2D eigenvalue weighted by molar-refractivity contribution is 6.53. The lowest BCUT2D eigenvalue weighted by Gasteiger charge is -2.16. The molecule has 4 rings (SSSR count). The lowest BCUT2D eigenvalue weighted by atomic mass is 10.2. The van der Waals surface area contributed by atoms with Crippen LogP contribution >= 0.6 is 46.4 Å². The third-order valence-electron chi connectivity index (χ3n) is 4.53. The predicted octanol–water partition coefficient (Wildman–Crippen LogP) is 6.30. The van der Waals surface area contributed by atoms with Crippen LogP contribution in [0.4, 0.5) is 11.4 Å². The number of rotatable bonds is 5. The van der Waals surface area contributed by atoms with Crippen molar-refractivity contribution < 1.29 is 19.1 Å². The van der Waals surface area contributed by atoms with Crippen molar-refractivity contribution >= 4 is 75.6 Å². The number of benzene rings is 3. The molecule has 0 fully saturated rings. The van der Waals surface area contributed by atoms with E-state index in [-0.39, 0.29) is 32.0 Å². The molecule has 0 saturated heterocycles. The molecular weight excluding hydrogens is 510 g/mol. The van der Waals surface area contributed by atoms with Crippen LogP contribution in [0.15, 0.2) is 77.5 Å². The van der Waals surface area contributed by atoms with Crippen LogP contribution in [0.2, 0.25) is 15.1 Å². The number of carbonyl (C=O) groups is 3. The zero-order valence-electron chi connectivity index (χ0n) is 16.4. The highest BCUT2D eigenvalue weighted by atomic mass is 35.5. The molecule has 0 unspecified atom stereocenters. The van der Waals surface area contributed by atoms with Gasteiger partial charge in [0.05, 0.1) is 11.3 Å². The van der Waals surface area contributed by atoms with Crippen molar-refractivity contribution in [3.05, 3.63) is 98.1 Å². The number of amides is 2. The smallest absolute Gasteiger partial charge is 0.343 e. The number of anilines is 2. The largest absolute Gasteiger partial charge is 0.423 e. The summed E-state index contributed by atoms with van der Waals surface area (Å²) in [6.45, 7) is 0. The Morgan fingerprint density at radius 3 is 2.09 bits per heavy atom. The minimum atomic E-state index is -0.718. The number of hydrogen-bond acceptors (Lipinski definition) is 5. The maximum atomic E-state index is 12.9. The van der Waals surface area contributed by atoms with Crippen molar-refractivity contribution in [2.24, 2.45) is 0 Å². The number of nitrogens with one attached hydrogen (secondary N) is 1. The maximum absolute atomic E-state index is 12.9. The van der Waals surface area contributed by atoms with Gasteiger partial charge < -0.3 is 10.1 Å². The van der Waals surface area contributed by atoms with E-state index < -0.39 is 17.8 Å². The Morgan fingerprint density at radius 1 is 0.788 bits per heavy atom. The Bertz CT molecular complexity index is 1300. The zero-order valence-corrected chi connectivity index (χ0v) is 19.5. The van der Waals surface area contributed by atoms with Crippen LogP contribution in [0.3, 0.4) is 0 Å². The van der Waals surface area contributed by atoms with Gasteiger partial charge in [0.1, 0.15) is 16.5 Å². The minimum Gasteiger partial charge on any atom is -0.423 e. The van der Waals surface area contributed by atoms with Crippen molar-refractivity contribution in [2.45, 2.75) is 0 Å². The molecule has 3 aromatic rings. The zero-order chi connectivity index (χ0) is 23.7. The fourth-order valence-corrected chi connectivity index (χ4v) is 3.95. The Labute approximate surface area is 208 Å². The van der Waals surface area contributed by atoms with Crippen LogP contribution in [-0.4, -0.2) is 17.8 Å². The molecule has 0 bridgehead atoms. The second-order valence-electron chi connectivity index (χ2n) is 6.81. The highest BCUT2D eigenvalue weighted by Gasteiger charge is 2.39. The molecule has 1 heterocycles. The van der Waals surface area contributed by atoms with E-state index in [9.17, 15) is 14.4 Å². The van der Waals surface area contributed by atoms with Crippen molar-refractivity contribution in [3.63, 3.8) is 0 Å². The quantitative estimate of drug-likeness (QED) is 0.242. The molecule has 1 N–H and O–H groups in total. The summed E-state index contributed by atoms with van der Waals surface area (Å²) >= 11 is 24.0. The maximum Gasteiger partial charge on any atom is 0.343 e. The molecule has 1 aliphatic rings. The van der Waals surface area contributed by atoms with E-state index in [1.807, 2.05) is 0 Å². The average Bonchev–Trinajstić information content (AvgIpc) is 2.96. The Morgan fingerprint density at radius 2 is 1.45 bits per heavy atom. The first-order chi connectivity index (χ1) is 15.7. The topological polar surface area (TPSA) is 75.7 Å². The average molecular weight is 522 g/mol. The molecule has 166 valence electrons. The SMILES string of the molecule is O=C(Oc1cccc(Cl)c1)c1ccc(NC2=C(Cl)C(=O)N(c3cc(Cl)cc(Cl)c3)C2=O)cc1. The van der Waals surface area contributed by atoms with E-state index in [4.69, 9.17) is 51.1 Å². The molecular formula is C23H12Cl4N2O4. The second kappa shape index (κ2) is 9.45. The van der Waals surface area contributed by atoms with Gasteiger partial charge in [-0.15, -0.1) is 0 Å². The van der Waals surface area contributed by atoms with Crippen LogP contribution in [0.25, 0.3) is 0 Å². The first kappa shape index (κ1) is 23.1. The molecule has 0 atom stereocenters. The van der Waals surface area contributed by atoms with Gasteiger partial charge in [-0.2, -0.15) is 0 Å². The van der Waals surface area contributed by atoms with E-state index in [2.05, 4.69) is 5.32 Å². The molecule has 33 heavy (non-hydrogen) atoms. The van der Waals surface area contributed by atoms with Gasteiger partial charge in [0.2, 0.25) is 0 Å². The number of halogens is 4. The van der Waals surface area contributed by atoms with Crippen LogP contribution in [0.1, 0.15) is 10.4 Å². The molecule has 10 heteroatoms. The minimum absolute atomic E-state index is 0.119.